The van der Waals surface area contributed by atoms with E-state index in [-0.39, 0.29) is 23.8 Å². The summed E-state index contributed by atoms with van der Waals surface area (Å²) in [6.45, 7) is 7.97. The fraction of sp³-hybridized carbons (Fsp3) is 0.500. The first-order valence-electron chi connectivity index (χ1n) is 11.0. The number of carbonyl (C=O) groups is 2. The zero-order valence-corrected chi connectivity index (χ0v) is 18.8. The number of benzene rings is 1. The Morgan fingerprint density at radius 3 is 2.48 bits per heavy atom. The highest BCUT2D eigenvalue weighted by Gasteiger charge is 2.28. The number of allylic oxidation sites excluding steroid dienone is 2. The molecule has 2 amide bonds. The molecule has 7 nitrogen and oxygen atoms in total. The van der Waals surface area contributed by atoms with Gasteiger partial charge in [-0.2, -0.15) is 0 Å². The van der Waals surface area contributed by atoms with Crippen LogP contribution < -0.4 is 15.4 Å². The van der Waals surface area contributed by atoms with E-state index in [1.54, 1.807) is 37.5 Å². The fourth-order valence-electron chi connectivity index (χ4n) is 3.90. The number of rotatable bonds is 8. The predicted octanol–water partition coefficient (Wildman–Crippen LogP) is 1.68. The zero-order chi connectivity index (χ0) is 22.2. The van der Waals surface area contributed by atoms with Crippen molar-refractivity contribution in [1.82, 2.24) is 20.4 Å². The lowest BCUT2D eigenvalue weighted by Crippen LogP contribution is -2.46. The summed E-state index contributed by atoms with van der Waals surface area (Å²) in [4.78, 5) is 30.4. The second-order valence-corrected chi connectivity index (χ2v) is 8.30. The Morgan fingerprint density at radius 1 is 1.10 bits per heavy atom. The number of hydrogen-bond acceptors (Lipinski definition) is 5. The van der Waals surface area contributed by atoms with Crippen molar-refractivity contribution in [2.24, 2.45) is 5.92 Å². The lowest BCUT2D eigenvalue weighted by atomic mass is 9.89. The molecule has 0 spiro atoms. The van der Waals surface area contributed by atoms with Gasteiger partial charge < -0.3 is 25.2 Å². The Bertz CT molecular complexity index is 811. The highest BCUT2D eigenvalue weighted by molar-refractivity contribution is 5.99. The fourth-order valence-corrected chi connectivity index (χ4v) is 3.90. The van der Waals surface area contributed by atoms with E-state index in [1.165, 1.54) is 0 Å². The van der Waals surface area contributed by atoms with Gasteiger partial charge in [-0.15, -0.1) is 0 Å². The Balaban J connectivity index is 1.51. The van der Waals surface area contributed by atoms with Crippen molar-refractivity contribution in [3.63, 3.8) is 0 Å². The molecule has 1 aliphatic carbocycles. The normalized spacial score (nSPS) is 22.0. The van der Waals surface area contributed by atoms with Crippen LogP contribution in [0.1, 0.15) is 23.7 Å². The van der Waals surface area contributed by atoms with Crippen LogP contribution in [-0.2, 0) is 4.79 Å². The highest BCUT2D eigenvalue weighted by atomic mass is 16.5. The second-order valence-electron chi connectivity index (χ2n) is 8.30. The van der Waals surface area contributed by atoms with Crippen molar-refractivity contribution in [2.75, 3.05) is 53.4 Å². The molecule has 1 aliphatic heterocycles. The van der Waals surface area contributed by atoms with Gasteiger partial charge in [-0.1, -0.05) is 25.2 Å². The van der Waals surface area contributed by atoms with E-state index in [9.17, 15) is 9.59 Å². The third-order valence-electron chi connectivity index (χ3n) is 5.98. The van der Waals surface area contributed by atoms with Crippen LogP contribution in [0.5, 0.6) is 5.75 Å². The van der Waals surface area contributed by atoms with Crippen molar-refractivity contribution < 1.29 is 14.3 Å². The first-order chi connectivity index (χ1) is 15.0. The topological polar surface area (TPSA) is 73.9 Å². The minimum Gasteiger partial charge on any atom is -0.497 e. The summed E-state index contributed by atoms with van der Waals surface area (Å²) in [6.07, 6.45) is 6.61. The Labute approximate surface area is 185 Å². The number of hydrogen-bond donors (Lipinski definition) is 2. The van der Waals surface area contributed by atoms with Crippen molar-refractivity contribution in [3.05, 3.63) is 53.6 Å². The van der Waals surface area contributed by atoms with Gasteiger partial charge in [0, 0.05) is 43.9 Å². The predicted molar refractivity (Wildman–Crippen MR) is 122 cm³/mol. The van der Waals surface area contributed by atoms with Crippen molar-refractivity contribution >= 4 is 11.8 Å². The quantitative estimate of drug-likeness (QED) is 0.619. The maximum Gasteiger partial charge on any atom is 0.251 e. The molecule has 0 saturated carbocycles. The van der Waals surface area contributed by atoms with Gasteiger partial charge >= 0.3 is 0 Å². The van der Waals surface area contributed by atoms with E-state index in [4.69, 9.17) is 4.74 Å². The molecule has 1 fully saturated rings. The van der Waals surface area contributed by atoms with Crippen molar-refractivity contribution in [1.29, 1.82) is 0 Å². The van der Waals surface area contributed by atoms with Crippen LogP contribution >= 0.6 is 0 Å². The Morgan fingerprint density at radius 2 is 1.81 bits per heavy atom. The Hall–Kier alpha value is -2.64. The molecule has 7 heteroatoms. The minimum atomic E-state index is -0.364. The maximum atomic E-state index is 12.8. The van der Waals surface area contributed by atoms with Crippen LogP contribution in [-0.4, -0.2) is 81.1 Å². The summed E-state index contributed by atoms with van der Waals surface area (Å²) in [5, 5.41) is 6.06. The molecular formula is C24H34N4O3. The number of piperazine rings is 1. The molecule has 0 radical (unpaired) electrons. The third-order valence-corrected chi connectivity index (χ3v) is 5.98. The van der Waals surface area contributed by atoms with Crippen molar-refractivity contribution in [3.8, 4) is 5.75 Å². The maximum absolute atomic E-state index is 12.8. The molecule has 1 aromatic carbocycles. The molecule has 2 atom stereocenters. The molecule has 0 bridgehead atoms. The summed E-state index contributed by atoms with van der Waals surface area (Å²) in [6, 6.07) is 6.59. The van der Waals surface area contributed by atoms with Gasteiger partial charge in [0.15, 0.2) is 0 Å². The van der Waals surface area contributed by atoms with Gasteiger partial charge in [0.25, 0.3) is 5.91 Å². The molecule has 168 valence electrons. The summed E-state index contributed by atoms with van der Waals surface area (Å²) in [7, 11) is 3.74. The average molecular weight is 427 g/mol. The van der Waals surface area contributed by atoms with E-state index < -0.39 is 0 Å². The number of carbonyl (C=O) groups excluding carboxylic acids is 2. The molecule has 1 aromatic rings. The molecule has 0 aromatic heterocycles. The van der Waals surface area contributed by atoms with Gasteiger partial charge in [-0.3, -0.25) is 9.59 Å². The van der Waals surface area contributed by atoms with Crippen LogP contribution in [0.2, 0.25) is 0 Å². The number of likely N-dealkylation sites (N-methyl/N-ethyl adjacent to an activating group) is 1. The van der Waals surface area contributed by atoms with Crippen LogP contribution in [0.15, 0.2) is 48.1 Å². The number of methoxy groups -OCH3 is 1. The average Bonchev–Trinajstić information content (AvgIpc) is 2.79. The highest BCUT2D eigenvalue weighted by Crippen LogP contribution is 2.20. The number of ether oxygens (including phenoxy) is 1. The first kappa shape index (κ1) is 23.0. The van der Waals surface area contributed by atoms with Gasteiger partial charge in [-0.25, -0.2) is 0 Å². The number of amides is 2. The molecule has 1 heterocycles. The molecule has 2 unspecified atom stereocenters. The summed E-state index contributed by atoms with van der Waals surface area (Å²) in [5.74, 6) is 0.401. The van der Waals surface area contributed by atoms with Crippen LogP contribution in [0.4, 0.5) is 0 Å². The van der Waals surface area contributed by atoms with Gasteiger partial charge in [-0.05, 0) is 50.2 Å². The van der Waals surface area contributed by atoms with Crippen molar-refractivity contribution in [2.45, 2.75) is 19.4 Å². The monoisotopic (exact) mass is 426 g/mol. The first-order valence-corrected chi connectivity index (χ1v) is 11.0. The molecule has 2 N–H and O–H groups in total. The molecule has 1 saturated heterocycles. The van der Waals surface area contributed by atoms with E-state index in [1.807, 2.05) is 19.1 Å². The minimum absolute atomic E-state index is 0.0262. The molecular weight excluding hydrogens is 392 g/mol. The van der Waals surface area contributed by atoms with Gasteiger partial charge in [0.05, 0.1) is 13.2 Å². The SMILES string of the molecule is COc1ccc(C(=O)NC2C(C(=O)NCCCN3CCN(C)CC3)=CC=CC2C)cc1. The van der Waals surface area contributed by atoms with Crippen LogP contribution in [0, 0.1) is 5.92 Å². The summed E-state index contributed by atoms with van der Waals surface area (Å²) >= 11 is 0. The number of nitrogens with one attached hydrogen (secondary N) is 2. The summed E-state index contributed by atoms with van der Waals surface area (Å²) in [5.41, 5.74) is 1.13. The largest absolute Gasteiger partial charge is 0.497 e. The number of nitrogens with zero attached hydrogens (tertiary/aromatic N) is 2. The molecule has 3 rings (SSSR count). The van der Waals surface area contributed by atoms with Gasteiger partial charge in [0.2, 0.25) is 5.91 Å². The lowest BCUT2D eigenvalue weighted by molar-refractivity contribution is -0.117. The third kappa shape index (κ3) is 6.42. The molecule has 2 aliphatic rings. The van der Waals surface area contributed by atoms with Crippen LogP contribution in [0.3, 0.4) is 0 Å². The van der Waals surface area contributed by atoms with E-state index >= 15 is 0 Å². The van der Waals surface area contributed by atoms with E-state index in [0.717, 1.165) is 39.1 Å². The van der Waals surface area contributed by atoms with Gasteiger partial charge in [0.1, 0.15) is 5.75 Å². The summed E-state index contributed by atoms with van der Waals surface area (Å²) < 4.78 is 5.15. The zero-order valence-electron chi connectivity index (χ0n) is 18.8. The smallest absolute Gasteiger partial charge is 0.251 e. The van der Waals surface area contributed by atoms with Crippen LogP contribution in [0.25, 0.3) is 0 Å². The molecule has 31 heavy (non-hydrogen) atoms. The van der Waals surface area contributed by atoms with E-state index in [2.05, 4.69) is 27.5 Å². The standard InChI is InChI=1S/C24H34N4O3/c1-18-6-4-7-21(22(18)26-23(29)19-8-10-20(31-3)11-9-19)24(30)25-12-5-13-28-16-14-27(2)15-17-28/h4,6-11,18,22H,5,12-17H2,1-3H3,(H,25,30)(H,26,29). The second kappa shape index (κ2) is 11.1. The Kier molecular flexibility index (Phi) is 8.26. The lowest BCUT2D eigenvalue weighted by Gasteiger charge is -2.32. The van der Waals surface area contributed by atoms with E-state index in [0.29, 0.717) is 23.4 Å².